The molecule has 4 rings (SSSR count). The molecule has 1 fully saturated rings. The third-order valence-electron chi connectivity index (χ3n) is 4.78. The number of nitrogens with zero attached hydrogens (tertiary/aromatic N) is 3. The van der Waals surface area contributed by atoms with Crippen molar-refractivity contribution in [1.82, 2.24) is 9.88 Å². The molecule has 1 aromatic carbocycles. The van der Waals surface area contributed by atoms with Crippen LogP contribution in [-0.4, -0.2) is 34.8 Å². The van der Waals surface area contributed by atoms with E-state index in [1.807, 2.05) is 12.3 Å². The fraction of sp³-hybridized carbons (Fsp3) is 0.350. The van der Waals surface area contributed by atoms with Crippen molar-refractivity contribution >= 4 is 34.7 Å². The Balaban J connectivity index is 1.90. The van der Waals surface area contributed by atoms with Crippen molar-refractivity contribution in [2.24, 2.45) is 4.99 Å². The van der Waals surface area contributed by atoms with E-state index in [9.17, 15) is 9.18 Å². The number of aliphatic imine (C=N–C) groups is 1. The number of benzene rings is 1. The van der Waals surface area contributed by atoms with E-state index in [-0.39, 0.29) is 11.6 Å². The summed E-state index contributed by atoms with van der Waals surface area (Å²) >= 11 is 7.85. The summed E-state index contributed by atoms with van der Waals surface area (Å²) in [5.41, 5.74) is 2.86. The van der Waals surface area contributed by atoms with Crippen molar-refractivity contribution in [3.63, 3.8) is 0 Å². The van der Waals surface area contributed by atoms with Gasteiger partial charge in [-0.1, -0.05) is 17.7 Å². The lowest BCUT2D eigenvalue weighted by molar-refractivity contribution is -0.139. The van der Waals surface area contributed by atoms with E-state index in [0.717, 1.165) is 41.6 Å². The van der Waals surface area contributed by atoms with Gasteiger partial charge in [0, 0.05) is 33.9 Å². The van der Waals surface area contributed by atoms with Crippen molar-refractivity contribution < 1.29 is 13.9 Å². The first-order valence-electron chi connectivity index (χ1n) is 9.12. The number of fused-ring (bicyclic) bond motifs is 1. The van der Waals surface area contributed by atoms with Gasteiger partial charge in [0.2, 0.25) is 0 Å². The molecule has 0 aliphatic carbocycles. The summed E-state index contributed by atoms with van der Waals surface area (Å²) in [5.74, 6) is -0.117. The number of rotatable bonds is 4. The number of carbonyl (C=O) groups excluding carboxylic acids is 1. The summed E-state index contributed by atoms with van der Waals surface area (Å²) in [6.07, 6.45) is 1.65. The molecular formula is C20H19ClFN3O2S. The van der Waals surface area contributed by atoms with Crippen LogP contribution in [0.4, 0.5) is 4.39 Å². The molecule has 0 spiro atoms. The molecule has 0 amide bonds. The normalized spacial score (nSPS) is 18.9. The number of thiazole rings is 1. The molecule has 0 radical (unpaired) electrons. The van der Waals surface area contributed by atoms with Crippen LogP contribution in [0.15, 0.2) is 39.8 Å². The molecule has 1 atom stereocenters. The SMILES string of the molecule is CCOC(=O)C1=C2CCCN2C(c2nc(C)cs2)=NC1c1ccc(F)cc1Cl. The topological polar surface area (TPSA) is 54.8 Å². The van der Waals surface area contributed by atoms with Crippen molar-refractivity contribution in [3.8, 4) is 0 Å². The van der Waals surface area contributed by atoms with Gasteiger partial charge >= 0.3 is 5.97 Å². The maximum absolute atomic E-state index is 13.6. The van der Waals surface area contributed by atoms with Crippen LogP contribution in [-0.2, 0) is 9.53 Å². The lowest BCUT2D eigenvalue weighted by Gasteiger charge is -2.31. The summed E-state index contributed by atoms with van der Waals surface area (Å²) in [6, 6.07) is 3.50. The first-order valence-corrected chi connectivity index (χ1v) is 10.4. The highest BCUT2D eigenvalue weighted by atomic mass is 35.5. The van der Waals surface area contributed by atoms with Crippen molar-refractivity contribution in [2.75, 3.05) is 13.2 Å². The summed E-state index contributed by atoms with van der Waals surface area (Å²) in [6.45, 7) is 4.73. The van der Waals surface area contributed by atoms with E-state index in [2.05, 4.69) is 9.88 Å². The number of hydrogen-bond acceptors (Lipinski definition) is 6. The zero-order valence-electron chi connectivity index (χ0n) is 15.5. The number of halogens is 2. The number of allylic oxidation sites excluding steroid dienone is 1. The number of ether oxygens (including phenoxy) is 1. The molecule has 0 N–H and O–H groups in total. The highest BCUT2D eigenvalue weighted by Crippen LogP contribution is 2.42. The summed E-state index contributed by atoms with van der Waals surface area (Å²) in [4.78, 5) is 24.4. The van der Waals surface area contributed by atoms with Gasteiger partial charge in [-0.05, 0) is 38.8 Å². The van der Waals surface area contributed by atoms with E-state index < -0.39 is 17.8 Å². The Morgan fingerprint density at radius 2 is 2.29 bits per heavy atom. The molecule has 0 saturated carbocycles. The highest BCUT2D eigenvalue weighted by Gasteiger charge is 2.39. The first kappa shape index (κ1) is 19.1. The predicted molar refractivity (Wildman–Crippen MR) is 107 cm³/mol. The minimum absolute atomic E-state index is 0.234. The van der Waals surface area contributed by atoms with Crippen molar-refractivity contribution in [1.29, 1.82) is 0 Å². The Bertz CT molecular complexity index is 1000. The maximum Gasteiger partial charge on any atom is 0.338 e. The second-order valence-corrected chi connectivity index (χ2v) is 7.92. The Kier molecular flexibility index (Phi) is 5.21. The van der Waals surface area contributed by atoms with Crippen molar-refractivity contribution in [3.05, 3.63) is 62.0 Å². The zero-order valence-corrected chi connectivity index (χ0v) is 17.1. The first-order chi connectivity index (χ1) is 13.5. The molecule has 0 bridgehead atoms. The van der Waals surface area contributed by atoms with E-state index in [0.29, 0.717) is 11.1 Å². The largest absolute Gasteiger partial charge is 0.463 e. The average molecular weight is 420 g/mol. The van der Waals surface area contributed by atoms with Gasteiger partial charge in [0.05, 0.1) is 12.2 Å². The van der Waals surface area contributed by atoms with Crippen LogP contribution in [0.5, 0.6) is 0 Å². The van der Waals surface area contributed by atoms with Gasteiger partial charge in [0.1, 0.15) is 11.9 Å². The molecule has 28 heavy (non-hydrogen) atoms. The lowest BCUT2D eigenvalue weighted by Crippen LogP contribution is -2.35. The van der Waals surface area contributed by atoms with Gasteiger partial charge < -0.3 is 9.64 Å². The molecule has 146 valence electrons. The van der Waals surface area contributed by atoms with Crippen LogP contribution in [0.2, 0.25) is 5.02 Å². The summed E-state index contributed by atoms with van der Waals surface area (Å²) in [5, 5.41) is 3.00. The van der Waals surface area contributed by atoms with Gasteiger partial charge in [0.25, 0.3) is 0 Å². The van der Waals surface area contributed by atoms with Crippen LogP contribution in [0.25, 0.3) is 0 Å². The Labute approximate surface area is 171 Å². The zero-order chi connectivity index (χ0) is 19.8. The third-order valence-corrected chi connectivity index (χ3v) is 6.06. The van der Waals surface area contributed by atoms with E-state index >= 15 is 0 Å². The number of amidine groups is 1. The van der Waals surface area contributed by atoms with E-state index in [1.54, 1.807) is 13.0 Å². The molecule has 1 aromatic heterocycles. The number of esters is 1. The quantitative estimate of drug-likeness (QED) is 0.676. The molecule has 8 heteroatoms. The van der Waals surface area contributed by atoms with Gasteiger partial charge in [-0.25, -0.2) is 14.2 Å². The fourth-order valence-corrected chi connectivity index (χ4v) is 4.69. The molecule has 2 aliphatic rings. The van der Waals surface area contributed by atoms with Crippen LogP contribution in [0.1, 0.15) is 42.1 Å². The third kappa shape index (κ3) is 3.33. The average Bonchev–Trinajstić information content (AvgIpc) is 3.30. The molecule has 5 nitrogen and oxygen atoms in total. The summed E-state index contributed by atoms with van der Waals surface area (Å²) < 4.78 is 18.9. The van der Waals surface area contributed by atoms with Crippen LogP contribution in [0, 0.1) is 12.7 Å². The minimum atomic E-state index is -0.657. The van der Waals surface area contributed by atoms with Gasteiger partial charge in [-0.15, -0.1) is 11.3 Å². The number of carbonyl (C=O) groups is 1. The lowest BCUT2D eigenvalue weighted by atomic mass is 9.94. The second-order valence-electron chi connectivity index (χ2n) is 6.65. The minimum Gasteiger partial charge on any atom is -0.463 e. The standard InChI is InChI=1S/C20H19ClFN3O2S/c1-3-27-20(26)16-15-5-4-8-25(15)18(19-23-11(2)10-28-19)24-17(16)13-7-6-12(22)9-14(13)21/h6-7,9-10,17H,3-5,8H2,1-2H3. The van der Waals surface area contributed by atoms with Gasteiger partial charge in [-0.2, -0.15) is 0 Å². The molecule has 3 heterocycles. The highest BCUT2D eigenvalue weighted by molar-refractivity contribution is 7.11. The van der Waals surface area contributed by atoms with Crippen LogP contribution in [0.3, 0.4) is 0 Å². The predicted octanol–water partition coefficient (Wildman–Crippen LogP) is 4.66. The molecule has 1 saturated heterocycles. The van der Waals surface area contributed by atoms with E-state index in [1.165, 1.54) is 23.5 Å². The Morgan fingerprint density at radius 3 is 2.96 bits per heavy atom. The van der Waals surface area contributed by atoms with Gasteiger partial charge in [0.15, 0.2) is 10.8 Å². The van der Waals surface area contributed by atoms with Crippen LogP contribution >= 0.6 is 22.9 Å². The fourth-order valence-electron chi connectivity index (χ4n) is 3.62. The Hall–Kier alpha value is -2.25. The second kappa shape index (κ2) is 7.64. The monoisotopic (exact) mass is 419 g/mol. The van der Waals surface area contributed by atoms with Gasteiger partial charge in [-0.3, -0.25) is 4.99 Å². The molecular weight excluding hydrogens is 401 g/mol. The van der Waals surface area contributed by atoms with Crippen LogP contribution < -0.4 is 0 Å². The van der Waals surface area contributed by atoms with Crippen molar-refractivity contribution in [2.45, 2.75) is 32.7 Å². The maximum atomic E-state index is 13.6. The molecule has 2 aromatic rings. The Morgan fingerprint density at radius 1 is 1.46 bits per heavy atom. The number of hydrogen-bond donors (Lipinski definition) is 0. The molecule has 2 aliphatic heterocycles. The smallest absolute Gasteiger partial charge is 0.338 e. The summed E-state index contributed by atoms with van der Waals surface area (Å²) in [7, 11) is 0. The molecule has 1 unspecified atom stereocenters. The number of aryl methyl sites for hydroxylation is 1. The number of aromatic nitrogens is 1. The van der Waals surface area contributed by atoms with E-state index in [4.69, 9.17) is 21.3 Å².